The zero-order valence-electron chi connectivity index (χ0n) is 13.3. The van der Waals surface area contributed by atoms with Crippen molar-refractivity contribution in [1.82, 2.24) is 0 Å². The third kappa shape index (κ3) is 2.79. The van der Waals surface area contributed by atoms with Crippen LogP contribution < -0.4 is 14.2 Å². The monoisotopic (exact) mass is 346 g/mol. The van der Waals surface area contributed by atoms with E-state index in [1.54, 1.807) is 12.1 Å². The van der Waals surface area contributed by atoms with E-state index in [1.807, 2.05) is 0 Å². The molecule has 0 aliphatic carbocycles. The Hall–Kier alpha value is -3.03. The summed E-state index contributed by atoms with van der Waals surface area (Å²) < 4.78 is 26.2. The Labute approximate surface area is 142 Å². The van der Waals surface area contributed by atoms with Gasteiger partial charge in [0.05, 0.1) is 31.9 Å². The number of carbonyl (C=O) groups excluding carboxylic acids is 3. The van der Waals surface area contributed by atoms with Gasteiger partial charge in [0.2, 0.25) is 0 Å². The van der Waals surface area contributed by atoms with Gasteiger partial charge in [0.25, 0.3) is 6.29 Å². The number of cyclic esters (lactones) is 1. The second-order valence-corrected chi connectivity index (χ2v) is 5.83. The molecule has 3 heterocycles. The van der Waals surface area contributed by atoms with Crippen LogP contribution >= 0.6 is 0 Å². The van der Waals surface area contributed by atoms with Crippen LogP contribution in [0.2, 0.25) is 0 Å². The van der Waals surface area contributed by atoms with Gasteiger partial charge in [0.1, 0.15) is 23.0 Å². The number of ether oxygens (including phenoxy) is 5. The summed E-state index contributed by atoms with van der Waals surface area (Å²) in [5, 5.41) is 0. The lowest BCUT2D eigenvalue weighted by atomic mass is 9.97. The molecule has 8 nitrogen and oxygen atoms in total. The maximum absolute atomic E-state index is 12.2. The van der Waals surface area contributed by atoms with Crippen LogP contribution in [0.3, 0.4) is 0 Å². The number of benzene rings is 1. The molecule has 0 spiro atoms. The van der Waals surface area contributed by atoms with Gasteiger partial charge < -0.3 is 23.7 Å². The maximum atomic E-state index is 12.2. The van der Waals surface area contributed by atoms with Gasteiger partial charge in [-0.1, -0.05) is 0 Å². The van der Waals surface area contributed by atoms with Gasteiger partial charge in [-0.3, -0.25) is 9.59 Å². The van der Waals surface area contributed by atoms with Crippen LogP contribution in [-0.2, 0) is 23.9 Å². The lowest BCUT2D eigenvalue weighted by Crippen LogP contribution is -2.15. The minimum atomic E-state index is -0.721. The number of methoxy groups -OCH3 is 1. The van der Waals surface area contributed by atoms with Crippen molar-refractivity contribution in [2.24, 2.45) is 0 Å². The third-order valence-electron chi connectivity index (χ3n) is 4.20. The third-order valence-corrected chi connectivity index (χ3v) is 4.20. The molecule has 0 aromatic heterocycles. The Kier molecular flexibility index (Phi) is 3.60. The number of esters is 3. The molecule has 4 rings (SSSR count). The predicted molar refractivity (Wildman–Crippen MR) is 79.9 cm³/mol. The van der Waals surface area contributed by atoms with Gasteiger partial charge in [-0.25, -0.2) is 4.79 Å². The minimum Gasteiger partial charge on any atom is -0.496 e. The highest BCUT2D eigenvalue weighted by Crippen LogP contribution is 2.50. The normalized spacial score (nSPS) is 25.1. The SMILES string of the molecule is COc1cc(OC(=O)/C=C2/CCC(=O)O2)c2c(c1)O[C@H]1OC(=O)C[C@H]21. The lowest BCUT2D eigenvalue weighted by molar-refractivity contribution is -0.150. The predicted octanol–water partition coefficient (Wildman–Crippen LogP) is 1.57. The van der Waals surface area contributed by atoms with Gasteiger partial charge in [0.15, 0.2) is 0 Å². The molecule has 3 aliphatic heterocycles. The summed E-state index contributed by atoms with van der Waals surface area (Å²) in [5.74, 6) is -0.387. The first-order chi connectivity index (χ1) is 12.0. The smallest absolute Gasteiger partial charge is 0.339 e. The number of hydrogen-bond donors (Lipinski definition) is 0. The van der Waals surface area contributed by atoms with Crippen LogP contribution in [-0.4, -0.2) is 31.3 Å². The second-order valence-electron chi connectivity index (χ2n) is 5.83. The summed E-state index contributed by atoms with van der Waals surface area (Å²) in [5.41, 5.74) is 0.590. The fourth-order valence-electron chi connectivity index (χ4n) is 3.09. The number of rotatable bonds is 3. The summed E-state index contributed by atoms with van der Waals surface area (Å²) in [6.45, 7) is 0. The highest BCUT2D eigenvalue weighted by atomic mass is 16.7. The number of hydrogen-bond acceptors (Lipinski definition) is 8. The van der Waals surface area contributed by atoms with Crippen LogP contribution in [0.4, 0.5) is 0 Å². The molecular formula is C17H14O8. The van der Waals surface area contributed by atoms with Gasteiger partial charge in [-0.15, -0.1) is 0 Å². The van der Waals surface area contributed by atoms with Crippen molar-refractivity contribution < 1.29 is 38.1 Å². The molecule has 0 unspecified atom stereocenters. The van der Waals surface area contributed by atoms with Gasteiger partial charge >= 0.3 is 17.9 Å². The molecule has 2 atom stereocenters. The van der Waals surface area contributed by atoms with Crippen LogP contribution in [0.1, 0.15) is 30.7 Å². The fourth-order valence-corrected chi connectivity index (χ4v) is 3.09. The largest absolute Gasteiger partial charge is 0.496 e. The number of allylic oxidation sites excluding steroid dienone is 1. The van der Waals surface area contributed by atoms with Crippen molar-refractivity contribution in [1.29, 1.82) is 0 Å². The molecular weight excluding hydrogens is 332 g/mol. The van der Waals surface area contributed by atoms with Gasteiger partial charge in [-0.05, 0) is 0 Å². The van der Waals surface area contributed by atoms with Crippen LogP contribution in [0.15, 0.2) is 24.0 Å². The molecule has 1 aromatic rings. The number of carbonyl (C=O) groups is 3. The molecule has 0 amide bonds. The zero-order chi connectivity index (χ0) is 17.6. The Bertz CT molecular complexity index is 809. The van der Waals surface area contributed by atoms with E-state index in [9.17, 15) is 14.4 Å². The van der Waals surface area contributed by atoms with Crippen LogP contribution in [0.25, 0.3) is 0 Å². The molecule has 0 bridgehead atoms. The Balaban J connectivity index is 1.63. The molecule has 130 valence electrons. The molecule has 2 saturated heterocycles. The summed E-state index contributed by atoms with van der Waals surface area (Å²) >= 11 is 0. The first kappa shape index (κ1) is 15.5. The Morgan fingerprint density at radius 2 is 2.04 bits per heavy atom. The molecule has 8 heteroatoms. The van der Waals surface area contributed by atoms with Crippen molar-refractivity contribution in [3.05, 3.63) is 29.5 Å². The highest BCUT2D eigenvalue weighted by molar-refractivity contribution is 5.87. The molecule has 2 fully saturated rings. The lowest BCUT2D eigenvalue weighted by Gasteiger charge is -2.11. The van der Waals surface area contributed by atoms with Crippen molar-refractivity contribution in [3.8, 4) is 17.2 Å². The van der Waals surface area contributed by atoms with Gasteiger partial charge in [-0.2, -0.15) is 0 Å². The molecule has 3 aliphatic rings. The van der Waals surface area contributed by atoms with E-state index in [2.05, 4.69) is 0 Å². The minimum absolute atomic E-state index is 0.146. The summed E-state index contributed by atoms with van der Waals surface area (Å²) in [6.07, 6.45) is 1.17. The second kappa shape index (κ2) is 5.80. The van der Waals surface area contributed by atoms with E-state index in [0.29, 0.717) is 23.5 Å². The average Bonchev–Trinajstić information content (AvgIpc) is 3.20. The van der Waals surface area contributed by atoms with Crippen molar-refractivity contribution in [3.63, 3.8) is 0 Å². The highest BCUT2D eigenvalue weighted by Gasteiger charge is 2.46. The van der Waals surface area contributed by atoms with E-state index in [1.165, 1.54) is 7.11 Å². The average molecular weight is 346 g/mol. The Morgan fingerprint density at radius 1 is 1.20 bits per heavy atom. The first-order valence-electron chi connectivity index (χ1n) is 7.74. The van der Waals surface area contributed by atoms with E-state index in [0.717, 1.165) is 6.08 Å². The van der Waals surface area contributed by atoms with E-state index >= 15 is 0 Å². The van der Waals surface area contributed by atoms with E-state index < -0.39 is 12.3 Å². The molecule has 0 radical (unpaired) electrons. The summed E-state index contributed by atoms with van der Waals surface area (Å²) in [4.78, 5) is 34.7. The zero-order valence-corrected chi connectivity index (χ0v) is 13.3. The summed E-state index contributed by atoms with van der Waals surface area (Å²) in [7, 11) is 1.48. The first-order valence-corrected chi connectivity index (χ1v) is 7.74. The van der Waals surface area contributed by atoms with E-state index in [4.69, 9.17) is 23.7 Å². The summed E-state index contributed by atoms with van der Waals surface area (Å²) in [6, 6.07) is 3.19. The quantitative estimate of drug-likeness (QED) is 0.462. The molecule has 1 aromatic carbocycles. The van der Waals surface area contributed by atoms with Crippen molar-refractivity contribution >= 4 is 17.9 Å². The topological polar surface area (TPSA) is 97.4 Å². The van der Waals surface area contributed by atoms with Crippen LogP contribution in [0.5, 0.6) is 17.2 Å². The van der Waals surface area contributed by atoms with Crippen molar-refractivity contribution in [2.45, 2.75) is 31.5 Å². The molecule has 25 heavy (non-hydrogen) atoms. The standard InChI is InChI=1S/C17H14O8/c1-21-9-4-11(23-14(19)6-8-2-3-13(18)22-8)16-10-7-15(20)25-17(10)24-12(16)5-9/h4-6,10,17H,2-3,7H2,1H3/b8-6-/t10-,17+/m1/s1. The van der Waals surface area contributed by atoms with Crippen molar-refractivity contribution in [2.75, 3.05) is 7.11 Å². The van der Waals surface area contributed by atoms with Gasteiger partial charge in [0, 0.05) is 24.1 Å². The molecule has 0 N–H and O–H groups in total. The number of fused-ring (bicyclic) bond motifs is 3. The fraction of sp³-hybridized carbons (Fsp3) is 0.353. The van der Waals surface area contributed by atoms with E-state index in [-0.39, 0.29) is 42.2 Å². The maximum Gasteiger partial charge on any atom is 0.339 e. The molecule has 0 saturated carbocycles. The Morgan fingerprint density at radius 3 is 2.76 bits per heavy atom. The van der Waals surface area contributed by atoms with Crippen LogP contribution in [0, 0.1) is 0 Å².